The molecule has 1 aromatic carbocycles. The summed E-state index contributed by atoms with van der Waals surface area (Å²) >= 11 is 0. The van der Waals surface area contributed by atoms with Gasteiger partial charge in [0.2, 0.25) is 5.91 Å². The lowest BCUT2D eigenvalue weighted by Crippen LogP contribution is -2.60. The number of nitrogens with one attached hydrogen (secondary N) is 2. The summed E-state index contributed by atoms with van der Waals surface area (Å²) in [5.41, 5.74) is 6.15. The summed E-state index contributed by atoms with van der Waals surface area (Å²) in [6.45, 7) is 0.781. The lowest BCUT2D eigenvalue weighted by Gasteiger charge is -2.32. The van der Waals surface area contributed by atoms with E-state index in [1.807, 2.05) is 0 Å². The predicted molar refractivity (Wildman–Crippen MR) is 90.2 cm³/mol. The van der Waals surface area contributed by atoms with Gasteiger partial charge in [-0.2, -0.15) is 22.0 Å². The molecule has 0 saturated carbocycles. The maximum atomic E-state index is 14.2. The molecule has 5 N–H and O–H groups in total. The van der Waals surface area contributed by atoms with Gasteiger partial charge in [0.25, 0.3) is 5.91 Å². The highest BCUT2D eigenvalue weighted by atomic mass is 19.4. The molecule has 0 aliphatic carbocycles. The smallest absolute Gasteiger partial charge is 0.384 e. The maximum absolute atomic E-state index is 14.2. The van der Waals surface area contributed by atoms with Crippen LogP contribution >= 0.6 is 0 Å². The highest BCUT2D eigenvalue weighted by Crippen LogP contribution is 2.26. The van der Waals surface area contributed by atoms with Gasteiger partial charge in [-0.15, -0.1) is 0 Å². The molecule has 1 aromatic rings. The Balaban J connectivity index is 2.91. The predicted octanol–water partition coefficient (Wildman–Crippen LogP) is 1.50. The Hall–Kier alpha value is -2.27. The van der Waals surface area contributed by atoms with Crippen LogP contribution < -0.4 is 16.4 Å². The molecule has 0 aliphatic rings. The van der Waals surface area contributed by atoms with Crippen LogP contribution in [0.25, 0.3) is 0 Å². The maximum Gasteiger partial charge on any atom is 0.405 e. The zero-order valence-electron chi connectivity index (χ0n) is 15.1. The topological polar surface area (TPSA) is 104 Å². The molecule has 0 radical (unpaired) electrons. The summed E-state index contributed by atoms with van der Waals surface area (Å²) in [5.74, 6) is -8.56. The van der Waals surface area contributed by atoms with Gasteiger partial charge in [-0.1, -0.05) is 44.2 Å². The Kier molecular flexibility index (Phi) is 7.88. The first-order valence-corrected chi connectivity index (χ1v) is 8.29. The van der Waals surface area contributed by atoms with Gasteiger partial charge in [-0.25, -0.2) is 0 Å². The number of benzene rings is 1. The van der Waals surface area contributed by atoms with Gasteiger partial charge in [0, 0.05) is 0 Å². The molecule has 158 valence electrons. The number of carbonyl (C=O) groups is 2. The van der Waals surface area contributed by atoms with E-state index < -0.39 is 54.6 Å². The molecule has 0 heterocycles. The van der Waals surface area contributed by atoms with Gasteiger partial charge in [-0.05, 0) is 11.5 Å². The minimum atomic E-state index is -4.90. The Morgan fingerprint density at radius 3 is 2.11 bits per heavy atom. The number of carbonyl (C=O) groups excluding carboxylic acids is 2. The number of rotatable bonds is 8. The Morgan fingerprint density at radius 2 is 1.64 bits per heavy atom. The fourth-order valence-corrected chi connectivity index (χ4v) is 2.33. The first kappa shape index (κ1) is 23.8. The summed E-state index contributed by atoms with van der Waals surface area (Å²) in [4.78, 5) is 23.7. The summed E-state index contributed by atoms with van der Waals surface area (Å²) < 4.78 is 64.7. The van der Waals surface area contributed by atoms with Crippen LogP contribution in [0, 0.1) is 5.92 Å². The third kappa shape index (κ3) is 6.41. The van der Waals surface area contributed by atoms with Crippen LogP contribution in [0.4, 0.5) is 22.0 Å². The number of aliphatic hydroxyl groups is 1. The van der Waals surface area contributed by atoms with Crippen molar-refractivity contribution in [2.24, 2.45) is 11.7 Å². The van der Waals surface area contributed by atoms with Gasteiger partial charge >= 0.3 is 12.1 Å². The largest absolute Gasteiger partial charge is 0.405 e. The lowest BCUT2D eigenvalue weighted by molar-refractivity contribution is -0.174. The zero-order chi connectivity index (χ0) is 21.7. The molecule has 28 heavy (non-hydrogen) atoms. The molecule has 2 amide bonds. The molecule has 0 aliphatic heterocycles. The molecule has 0 spiro atoms. The van der Waals surface area contributed by atoms with Crippen LogP contribution in [-0.4, -0.2) is 47.7 Å². The number of halogens is 5. The molecule has 3 atom stereocenters. The number of hydrogen-bond acceptors (Lipinski definition) is 4. The van der Waals surface area contributed by atoms with E-state index in [0.29, 0.717) is 5.56 Å². The number of nitrogens with two attached hydrogens (primary N) is 1. The monoisotopic (exact) mass is 411 g/mol. The van der Waals surface area contributed by atoms with Crippen molar-refractivity contribution < 1.29 is 36.6 Å². The number of aliphatic hydroxyl groups excluding tert-OH is 1. The van der Waals surface area contributed by atoms with Crippen LogP contribution in [0.3, 0.4) is 0 Å². The van der Waals surface area contributed by atoms with E-state index in [4.69, 9.17) is 5.73 Å². The fraction of sp³-hybridized carbons (Fsp3) is 0.529. The van der Waals surface area contributed by atoms with Crippen molar-refractivity contribution in [3.05, 3.63) is 35.9 Å². The molecule has 3 unspecified atom stereocenters. The Labute approximate surface area is 158 Å². The van der Waals surface area contributed by atoms with E-state index in [1.54, 1.807) is 18.2 Å². The van der Waals surface area contributed by atoms with Gasteiger partial charge in [0.1, 0.15) is 18.7 Å². The molecule has 0 saturated heterocycles. The quantitative estimate of drug-likeness (QED) is 0.487. The molecule has 0 fully saturated rings. The van der Waals surface area contributed by atoms with E-state index in [2.05, 4.69) is 5.32 Å². The summed E-state index contributed by atoms with van der Waals surface area (Å²) in [6, 6.07) is 5.08. The van der Waals surface area contributed by atoms with Crippen molar-refractivity contribution >= 4 is 11.8 Å². The normalized spacial score (nSPS) is 15.6. The molecule has 1 rings (SSSR count). The second kappa shape index (κ2) is 9.28. The molecule has 0 aromatic heterocycles. The standard InChI is InChI=1S/C17H22F5N3O3/c1-9(2)12(25-14(27)11(23)10-6-4-3-5-7-10)13(26)17(21,22)15(28)24-8-16(18,19)20/h3-7,9,11-13,26H,8,23H2,1-2H3,(H,24,28)(H,25,27). The van der Waals surface area contributed by atoms with Crippen molar-refractivity contribution in [1.29, 1.82) is 0 Å². The highest BCUT2D eigenvalue weighted by molar-refractivity contribution is 5.85. The third-order valence-electron chi connectivity index (χ3n) is 3.93. The molecular weight excluding hydrogens is 389 g/mol. The molecule has 11 heteroatoms. The van der Waals surface area contributed by atoms with E-state index in [0.717, 1.165) is 5.32 Å². The first-order chi connectivity index (χ1) is 12.8. The number of alkyl halides is 5. The Bertz CT molecular complexity index is 668. The molecule has 6 nitrogen and oxygen atoms in total. The van der Waals surface area contributed by atoms with E-state index in [-0.39, 0.29) is 0 Å². The minimum absolute atomic E-state index is 0.381. The van der Waals surface area contributed by atoms with Crippen molar-refractivity contribution in [2.45, 2.75) is 44.1 Å². The average molecular weight is 411 g/mol. The number of hydrogen-bond donors (Lipinski definition) is 4. The molecule has 0 bridgehead atoms. The SMILES string of the molecule is CC(C)C(NC(=O)C(N)c1ccccc1)C(O)C(F)(F)C(=O)NCC(F)(F)F. The molecular formula is C17H22F5N3O3. The van der Waals surface area contributed by atoms with E-state index >= 15 is 0 Å². The van der Waals surface area contributed by atoms with Crippen molar-refractivity contribution in [2.75, 3.05) is 6.54 Å². The number of amides is 2. The van der Waals surface area contributed by atoms with Gasteiger partial charge in [0.15, 0.2) is 0 Å². The van der Waals surface area contributed by atoms with Crippen LogP contribution in [-0.2, 0) is 9.59 Å². The summed E-state index contributed by atoms with van der Waals surface area (Å²) in [7, 11) is 0. The van der Waals surface area contributed by atoms with Gasteiger partial charge in [-0.3, -0.25) is 9.59 Å². The van der Waals surface area contributed by atoms with Crippen molar-refractivity contribution in [3.63, 3.8) is 0 Å². The van der Waals surface area contributed by atoms with Crippen LogP contribution in [0.15, 0.2) is 30.3 Å². The summed E-state index contributed by atoms with van der Waals surface area (Å²) in [6.07, 6.45) is -7.67. The third-order valence-corrected chi connectivity index (χ3v) is 3.93. The van der Waals surface area contributed by atoms with E-state index in [9.17, 15) is 36.6 Å². The minimum Gasteiger partial charge on any atom is -0.384 e. The van der Waals surface area contributed by atoms with Gasteiger partial charge in [0.05, 0.1) is 6.04 Å². The fourth-order valence-electron chi connectivity index (χ4n) is 2.33. The first-order valence-electron chi connectivity index (χ1n) is 8.29. The highest BCUT2D eigenvalue weighted by Gasteiger charge is 2.51. The summed E-state index contributed by atoms with van der Waals surface area (Å²) in [5, 5.41) is 13.1. The van der Waals surface area contributed by atoms with Crippen molar-refractivity contribution in [3.8, 4) is 0 Å². The lowest BCUT2D eigenvalue weighted by atomic mass is 9.93. The van der Waals surface area contributed by atoms with E-state index in [1.165, 1.54) is 26.0 Å². The van der Waals surface area contributed by atoms with Crippen LogP contribution in [0.1, 0.15) is 25.5 Å². The zero-order valence-corrected chi connectivity index (χ0v) is 15.1. The Morgan fingerprint density at radius 1 is 1.11 bits per heavy atom. The van der Waals surface area contributed by atoms with Gasteiger partial charge < -0.3 is 21.5 Å². The van der Waals surface area contributed by atoms with Crippen LogP contribution in [0.2, 0.25) is 0 Å². The van der Waals surface area contributed by atoms with Crippen molar-refractivity contribution in [1.82, 2.24) is 10.6 Å². The van der Waals surface area contributed by atoms with Crippen LogP contribution in [0.5, 0.6) is 0 Å². The second-order valence-corrected chi connectivity index (χ2v) is 6.53. The second-order valence-electron chi connectivity index (χ2n) is 6.53. The average Bonchev–Trinajstić information content (AvgIpc) is 2.62.